The van der Waals surface area contributed by atoms with Crippen molar-refractivity contribution in [3.8, 4) is 11.1 Å². The first-order chi connectivity index (χ1) is 14.6. The predicted molar refractivity (Wildman–Crippen MR) is 115 cm³/mol. The summed E-state index contributed by atoms with van der Waals surface area (Å²) in [7, 11) is 0. The Morgan fingerprint density at radius 3 is 2.63 bits per heavy atom. The Labute approximate surface area is 176 Å². The van der Waals surface area contributed by atoms with Gasteiger partial charge in [0.15, 0.2) is 0 Å². The van der Waals surface area contributed by atoms with Crippen LogP contribution in [0.1, 0.15) is 18.3 Å². The van der Waals surface area contributed by atoms with Gasteiger partial charge in [0.2, 0.25) is 5.91 Å². The van der Waals surface area contributed by atoms with Gasteiger partial charge >= 0.3 is 0 Å². The van der Waals surface area contributed by atoms with Crippen molar-refractivity contribution in [3.05, 3.63) is 78.1 Å². The Balaban J connectivity index is 1.50. The highest BCUT2D eigenvalue weighted by atomic mass is 19.1. The van der Waals surface area contributed by atoms with E-state index in [-0.39, 0.29) is 17.6 Å². The van der Waals surface area contributed by atoms with E-state index < -0.39 is 0 Å². The molecule has 1 aliphatic rings. The van der Waals surface area contributed by atoms with Gasteiger partial charge in [-0.05, 0) is 30.5 Å². The minimum Gasteiger partial charge on any atom is -0.348 e. The summed E-state index contributed by atoms with van der Waals surface area (Å²) in [5.74, 6) is 0.788. The molecule has 1 saturated heterocycles. The van der Waals surface area contributed by atoms with Crippen LogP contribution in [-0.2, 0) is 17.8 Å². The van der Waals surface area contributed by atoms with E-state index in [1.54, 1.807) is 18.3 Å². The lowest BCUT2D eigenvalue weighted by atomic mass is 9.95. The summed E-state index contributed by atoms with van der Waals surface area (Å²) in [6.07, 6.45) is 4.25. The van der Waals surface area contributed by atoms with Crippen molar-refractivity contribution in [1.29, 1.82) is 0 Å². The molecular formula is C24H27FN4O. The highest BCUT2D eigenvalue weighted by Gasteiger charge is 2.30. The van der Waals surface area contributed by atoms with Gasteiger partial charge in [-0.25, -0.2) is 9.37 Å². The molecule has 30 heavy (non-hydrogen) atoms. The number of likely N-dealkylation sites (N-methyl/N-ethyl adjacent to an activating group) is 1. The largest absolute Gasteiger partial charge is 0.348 e. The number of amides is 1. The third-order valence-corrected chi connectivity index (χ3v) is 5.76. The second-order valence-electron chi connectivity index (χ2n) is 7.77. The molecule has 2 heterocycles. The van der Waals surface area contributed by atoms with Gasteiger partial charge in [-0.2, -0.15) is 0 Å². The number of nitrogens with zero attached hydrogens (tertiary/aromatic N) is 3. The van der Waals surface area contributed by atoms with E-state index in [0.717, 1.165) is 36.6 Å². The summed E-state index contributed by atoms with van der Waals surface area (Å²) < 4.78 is 14.1. The van der Waals surface area contributed by atoms with Crippen LogP contribution in [0.3, 0.4) is 0 Å². The molecule has 0 saturated carbocycles. The molecule has 0 bridgehead atoms. The fourth-order valence-corrected chi connectivity index (χ4v) is 4.12. The number of carbonyl (C=O) groups is 1. The van der Waals surface area contributed by atoms with Crippen molar-refractivity contribution in [2.24, 2.45) is 5.92 Å². The van der Waals surface area contributed by atoms with Crippen LogP contribution in [0, 0.1) is 11.7 Å². The van der Waals surface area contributed by atoms with Crippen LogP contribution in [0.25, 0.3) is 11.1 Å². The smallest absolute Gasteiger partial charge is 0.227 e. The van der Waals surface area contributed by atoms with Gasteiger partial charge in [0, 0.05) is 44.1 Å². The highest BCUT2D eigenvalue weighted by molar-refractivity contribution is 5.79. The molecule has 3 aromatic rings. The molecular weight excluding hydrogens is 379 g/mol. The molecule has 2 aromatic carbocycles. The van der Waals surface area contributed by atoms with Crippen molar-refractivity contribution < 1.29 is 9.18 Å². The molecule has 0 spiro atoms. The lowest BCUT2D eigenvalue weighted by molar-refractivity contribution is -0.134. The Morgan fingerprint density at radius 1 is 1.13 bits per heavy atom. The SMILES string of the molecule is CCN1CCN(Cc2ncc[nH]2)CC(Cc2ccc(-c3ccccc3F)cc2)C1=O. The molecule has 0 aliphatic carbocycles. The van der Waals surface area contributed by atoms with Crippen LogP contribution in [0.4, 0.5) is 4.39 Å². The van der Waals surface area contributed by atoms with Crippen LogP contribution in [0.5, 0.6) is 0 Å². The summed E-state index contributed by atoms with van der Waals surface area (Å²) in [6, 6.07) is 14.7. The number of rotatable bonds is 6. The van der Waals surface area contributed by atoms with Gasteiger partial charge in [-0.1, -0.05) is 42.5 Å². The van der Waals surface area contributed by atoms with E-state index >= 15 is 0 Å². The zero-order chi connectivity index (χ0) is 20.9. The van der Waals surface area contributed by atoms with Crippen molar-refractivity contribution in [3.63, 3.8) is 0 Å². The topological polar surface area (TPSA) is 52.2 Å². The Hall–Kier alpha value is -2.99. The fourth-order valence-electron chi connectivity index (χ4n) is 4.12. The van der Waals surface area contributed by atoms with Gasteiger partial charge in [-0.15, -0.1) is 0 Å². The van der Waals surface area contributed by atoms with Gasteiger partial charge in [-0.3, -0.25) is 9.69 Å². The first-order valence-corrected chi connectivity index (χ1v) is 10.5. The van der Waals surface area contributed by atoms with Crippen LogP contribution in [0.15, 0.2) is 60.9 Å². The molecule has 1 amide bonds. The number of halogens is 1. The minimum absolute atomic E-state index is 0.110. The second kappa shape index (κ2) is 9.22. The third-order valence-electron chi connectivity index (χ3n) is 5.76. The van der Waals surface area contributed by atoms with E-state index in [1.165, 1.54) is 6.07 Å². The summed E-state index contributed by atoms with van der Waals surface area (Å²) >= 11 is 0. The number of hydrogen-bond donors (Lipinski definition) is 1. The average Bonchev–Trinajstić information content (AvgIpc) is 3.22. The Kier molecular flexibility index (Phi) is 6.23. The van der Waals surface area contributed by atoms with Gasteiger partial charge in [0.1, 0.15) is 11.6 Å². The molecule has 1 aromatic heterocycles. The molecule has 1 unspecified atom stereocenters. The zero-order valence-electron chi connectivity index (χ0n) is 17.2. The zero-order valence-corrected chi connectivity index (χ0v) is 17.2. The number of aromatic nitrogens is 2. The molecule has 1 aliphatic heterocycles. The molecule has 4 rings (SSSR count). The standard InChI is InChI=1S/C24H27FN4O/c1-2-29-14-13-28(17-23-26-11-12-27-23)16-20(24(29)30)15-18-7-9-19(10-8-18)21-5-3-4-6-22(21)25/h3-12,20H,2,13-17H2,1H3,(H,26,27). The molecule has 0 radical (unpaired) electrons. The van der Waals surface area contributed by atoms with Crippen LogP contribution in [0.2, 0.25) is 0 Å². The number of benzene rings is 2. The van der Waals surface area contributed by atoms with Crippen molar-refractivity contribution >= 4 is 5.91 Å². The van der Waals surface area contributed by atoms with Crippen molar-refractivity contribution in [2.45, 2.75) is 19.9 Å². The lowest BCUT2D eigenvalue weighted by Gasteiger charge is -2.23. The average molecular weight is 407 g/mol. The molecule has 6 heteroatoms. The number of carbonyl (C=O) groups excluding carboxylic acids is 1. The van der Waals surface area contributed by atoms with Crippen LogP contribution >= 0.6 is 0 Å². The van der Waals surface area contributed by atoms with Crippen LogP contribution < -0.4 is 0 Å². The maximum atomic E-state index is 14.1. The molecule has 1 atom stereocenters. The molecule has 5 nitrogen and oxygen atoms in total. The molecule has 156 valence electrons. The van der Waals surface area contributed by atoms with E-state index in [0.29, 0.717) is 25.1 Å². The summed E-state index contributed by atoms with van der Waals surface area (Å²) in [5.41, 5.74) is 2.53. The maximum absolute atomic E-state index is 14.1. The first kappa shape index (κ1) is 20.3. The van der Waals surface area contributed by atoms with Crippen molar-refractivity contribution in [1.82, 2.24) is 19.8 Å². The summed E-state index contributed by atoms with van der Waals surface area (Å²) in [5, 5.41) is 0. The molecule has 1 N–H and O–H groups in total. The summed E-state index contributed by atoms with van der Waals surface area (Å²) in [4.78, 5) is 24.8. The number of hydrogen-bond acceptors (Lipinski definition) is 3. The van der Waals surface area contributed by atoms with E-state index in [9.17, 15) is 9.18 Å². The predicted octanol–water partition coefficient (Wildman–Crippen LogP) is 3.74. The number of nitrogens with one attached hydrogen (secondary N) is 1. The number of imidazole rings is 1. The summed E-state index contributed by atoms with van der Waals surface area (Å²) in [6.45, 7) is 5.73. The quantitative estimate of drug-likeness (QED) is 0.679. The number of aromatic amines is 1. The van der Waals surface area contributed by atoms with Gasteiger partial charge in [0.25, 0.3) is 0 Å². The van der Waals surface area contributed by atoms with Gasteiger partial charge < -0.3 is 9.88 Å². The van der Waals surface area contributed by atoms with E-state index in [1.807, 2.05) is 48.4 Å². The lowest BCUT2D eigenvalue weighted by Crippen LogP contribution is -2.37. The first-order valence-electron chi connectivity index (χ1n) is 10.5. The number of H-pyrrole nitrogens is 1. The van der Waals surface area contributed by atoms with Crippen LogP contribution in [-0.4, -0.2) is 51.9 Å². The maximum Gasteiger partial charge on any atom is 0.227 e. The minimum atomic E-state index is -0.226. The highest BCUT2D eigenvalue weighted by Crippen LogP contribution is 2.24. The molecule has 1 fully saturated rings. The second-order valence-corrected chi connectivity index (χ2v) is 7.77. The van der Waals surface area contributed by atoms with E-state index in [4.69, 9.17) is 0 Å². The third kappa shape index (κ3) is 4.60. The van der Waals surface area contributed by atoms with E-state index in [2.05, 4.69) is 14.9 Å². The Morgan fingerprint density at radius 2 is 1.93 bits per heavy atom. The van der Waals surface area contributed by atoms with Gasteiger partial charge in [0.05, 0.1) is 12.5 Å². The normalized spacial score (nSPS) is 17.9. The fraction of sp³-hybridized carbons (Fsp3) is 0.333. The monoisotopic (exact) mass is 406 g/mol. The van der Waals surface area contributed by atoms with Crippen molar-refractivity contribution in [2.75, 3.05) is 26.2 Å². The Bertz CT molecular complexity index is 971.